The lowest BCUT2D eigenvalue weighted by molar-refractivity contribution is 0.728. The minimum absolute atomic E-state index is 0.416. The standard InChI is InChI=1S/C13H17ClN2S2/c1-2-10-8-16(5-6-18-10)12-4-3-9(14)7-11(12)13(15)17/h3-4,7,10H,2,5-6,8H2,1H3,(H2,15,17). The van der Waals surface area contributed by atoms with E-state index in [0.717, 1.165) is 30.1 Å². The maximum atomic E-state index is 6.02. The van der Waals surface area contributed by atoms with E-state index in [0.29, 0.717) is 15.3 Å². The number of hydrogen-bond acceptors (Lipinski definition) is 3. The molecule has 1 atom stereocenters. The first-order valence-electron chi connectivity index (χ1n) is 6.07. The van der Waals surface area contributed by atoms with Crippen LogP contribution < -0.4 is 10.6 Å². The van der Waals surface area contributed by atoms with Crippen molar-refractivity contribution >= 4 is 46.3 Å². The fraction of sp³-hybridized carbons (Fsp3) is 0.462. The van der Waals surface area contributed by atoms with Gasteiger partial charge in [-0.25, -0.2) is 0 Å². The Balaban J connectivity index is 2.29. The highest BCUT2D eigenvalue weighted by Crippen LogP contribution is 2.29. The summed E-state index contributed by atoms with van der Waals surface area (Å²) in [7, 11) is 0. The molecule has 18 heavy (non-hydrogen) atoms. The quantitative estimate of drug-likeness (QED) is 0.867. The van der Waals surface area contributed by atoms with E-state index in [4.69, 9.17) is 29.6 Å². The highest BCUT2D eigenvalue weighted by molar-refractivity contribution is 8.00. The summed E-state index contributed by atoms with van der Waals surface area (Å²) in [6.07, 6.45) is 1.19. The molecule has 1 saturated heterocycles. The number of benzene rings is 1. The van der Waals surface area contributed by atoms with E-state index in [1.807, 2.05) is 30.0 Å². The second-order valence-corrected chi connectivity index (χ2v) is 6.66. The first-order chi connectivity index (χ1) is 8.61. The zero-order chi connectivity index (χ0) is 13.1. The molecule has 1 aromatic carbocycles. The maximum Gasteiger partial charge on any atom is 0.106 e. The summed E-state index contributed by atoms with van der Waals surface area (Å²) in [5.74, 6) is 1.15. The molecule has 0 spiro atoms. The number of thiocarbonyl (C=S) groups is 1. The largest absolute Gasteiger partial charge is 0.389 e. The molecule has 0 aromatic heterocycles. The van der Waals surface area contributed by atoms with Gasteiger partial charge in [-0.3, -0.25) is 0 Å². The molecule has 98 valence electrons. The highest BCUT2D eigenvalue weighted by atomic mass is 35.5. The Hall–Kier alpha value is -0.450. The summed E-state index contributed by atoms with van der Waals surface area (Å²) < 4.78 is 0. The molecule has 0 saturated carbocycles. The van der Waals surface area contributed by atoms with E-state index in [1.165, 1.54) is 6.42 Å². The fourth-order valence-electron chi connectivity index (χ4n) is 2.17. The number of nitrogens with two attached hydrogens (primary N) is 1. The summed E-state index contributed by atoms with van der Waals surface area (Å²) in [6.45, 7) is 4.33. The Kier molecular flexibility index (Phi) is 4.76. The van der Waals surface area contributed by atoms with Crippen molar-refractivity contribution in [2.24, 2.45) is 5.73 Å². The van der Waals surface area contributed by atoms with Crippen LogP contribution in [0.25, 0.3) is 0 Å². The molecule has 1 aliphatic rings. The lowest BCUT2D eigenvalue weighted by atomic mass is 10.1. The monoisotopic (exact) mass is 300 g/mol. The van der Waals surface area contributed by atoms with Crippen molar-refractivity contribution < 1.29 is 0 Å². The van der Waals surface area contributed by atoms with Crippen LogP contribution in [0.5, 0.6) is 0 Å². The molecule has 2 nitrogen and oxygen atoms in total. The number of halogens is 1. The smallest absolute Gasteiger partial charge is 0.106 e. The van der Waals surface area contributed by atoms with E-state index in [-0.39, 0.29) is 0 Å². The highest BCUT2D eigenvalue weighted by Gasteiger charge is 2.21. The van der Waals surface area contributed by atoms with Crippen LogP contribution in [0.1, 0.15) is 18.9 Å². The lowest BCUT2D eigenvalue weighted by Gasteiger charge is -2.34. The van der Waals surface area contributed by atoms with Gasteiger partial charge in [0.1, 0.15) is 4.99 Å². The van der Waals surface area contributed by atoms with E-state index >= 15 is 0 Å². The van der Waals surface area contributed by atoms with Crippen molar-refractivity contribution in [3.05, 3.63) is 28.8 Å². The van der Waals surface area contributed by atoms with Crippen molar-refractivity contribution in [2.45, 2.75) is 18.6 Å². The average Bonchev–Trinajstić information content (AvgIpc) is 2.38. The van der Waals surface area contributed by atoms with Crippen molar-refractivity contribution in [3.8, 4) is 0 Å². The Bertz CT molecular complexity index is 451. The van der Waals surface area contributed by atoms with Gasteiger partial charge in [-0.2, -0.15) is 11.8 Å². The molecule has 2 rings (SSSR count). The van der Waals surface area contributed by atoms with Crippen molar-refractivity contribution in [1.82, 2.24) is 0 Å². The summed E-state index contributed by atoms with van der Waals surface area (Å²) >= 11 is 13.2. The molecule has 1 aromatic rings. The first kappa shape index (κ1) is 14.0. The van der Waals surface area contributed by atoms with Gasteiger partial charge in [0.15, 0.2) is 0 Å². The molecule has 1 unspecified atom stereocenters. The minimum Gasteiger partial charge on any atom is -0.389 e. The zero-order valence-corrected chi connectivity index (χ0v) is 12.7. The molecule has 2 N–H and O–H groups in total. The van der Waals surface area contributed by atoms with E-state index in [1.54, 1.807) is 0 Å². The van der Waals surface area contributed by atoms with Gasteiger partial charge in [0.25, 0.3) is 0 Å². The van der Waals surface area contributed by atoms with Crippen LogP contribution in [-0.2, 0) is 0 Å². The topological polar surface area (TPSA) is 29.3 Å². The van der Waals surface area contributed by atoms with Crippen LogP contribution in [0.3, 0.4) is 0 Å². The van der Waals surface area contributed by atoms with E-state index in [2.05, 4.69) is 11.8 Å². The average molecular weight is 301 g/mol. The van der Waals surface area contributed by atoms with Crippen LogP contribution in [-0.4, -0.2) is 29.1 Å². The Morgan fingerprint density at radius 1 is 1.61 bits per heavy atom. The fourth-order valence-corrected chi connectivity index (χ4v) is 3.68. The zero-order valence-electron chi connectivity index (χ0n) is 10.4. The maximum absolute atomic E-state index is 6.02. The summed E-state index contributed by atoms with van der Waals surface area (Å²) in [4.78, 5) is 2.79. The van der Waals surface area contributed by atoms with Crippen LogP contribution in [0.15, 0.2) is 18.2 Å². The van der Waals surface area contributed by atoms with Crippen LogP contribution >= 0.6 is 35.6 Å². The first-order valence-corrected chi connectivity index (χ1v) is 7.91. The van der Waals surface area contributed by atoms with Gasteiger partial charge in [-0.05, 0) is 24.6 Å². The van der Waals surface area contributed by atoms with Gasteiger partial charge in [0, 0.05) is 40.4 Å². The third-order valence-electron chi connectivity index (χ3n) is 3.16. The number of anilines is 1. The molecule has 0 radical (unpaired) electrons. The molecular weight excluding hydrogens is 284 g/mol. The van der Waals surface area contributed by atoms with Crippen molar-refractivity contribution in [2.75, 3.05) is 23.7 Å². The Morgan fingerprint density at radius 2 is 2.39 bits per heavy atom. The molecule has 0 amide bonds. The van der Waals surface area contributed by atoms with E-state index < -0.39 is 0 Å². The van der Waals surface area contributed by atoms with Gasteiger partial charge in [-0.15, -0.1) is 0 Å². The second kappa shape index (κ2) is 6.13. The molecule has 1 fully saturated rings. The van der Waals surface area contributed by atoms with Crippen LogP contribution in [0, 0.1) is 0 Å². The van der Waals surface area contributed by atoms with Gasteiger partial charge < -0.3 is 10.6 Å². The Morgan fingerprint density at radius 3 is 3.06 bits per heavy atom. The summed E-state index contributed by atoms with van der Waals surface area (Å²) in [5, 5.41) is 1.37. The normalized spacial score (nSPS) is 19.9. The number of rotatable bonds is 3. The summed E-state index contributed by atoms with van der Waals surface area (Å²) in [5.41, 5.74) is 7.80. The van der Waals surface area contributed by atoms with Gasteiger partial charge in [0.2, 0.25) is 0 Å². The predicted molar refractivity (Wildman–Crippen MR) is 86.1 cm³/mol. The van der Waals surface area contributed by atoms with Crippen molar-refractivity contribution in [1.29, 1.82) is 0 Å². The number of hydrogen-bond donors (Lipinski definition) is 1. The SMILES string of the molecule is CCC1CN(c2ccc(Cl)cc2C(N)=S)CCS1. The third kappa shape index (κ3) is 3.11. The molecule has 1 aliphatic heterocycles. The van der Waals surface area contributed by atoms with Gasteiger partial charge in [-0.1, -0.05) is 30.7 Å². The lowest BCUT2D eigenvalue weighted by Crippen LogP contribution is -2.38. The van der Waals surface area contributed by atoms with Crippen LogP contribution in [0.2, 0.25) is 5.02 Å². The molecule has 0 aliphatic carbocycles. The molecule has 5 heteroatoms. The van der Waals surface area contributed by atoms with E-state index in [9.17, 15) is 0 Å². The molecular formula is C13H17ClN2S2. The Labute approximate surface area is 123 Å². The predicted octanol–water partition coefficient (Wildman–Crippen LogP) is 3.31. The van der Waals surface area contributed by atoms with Crippen LogP contribution in [0.4, 0.5) is 5.69 Å². The van der Waals surface area contributed by atoms with Gasteiger partial charge >= 0.3 is 0 Å². The van der Waals surface area contributed by atoms with Gasteiger partial charge in [0.05, 0.1) is 0 Å². The molecule has 1 heterocycles. The molecule has 0 bridgehead atoms. The number of nitrogens with zero attached hydrogens (tertiary/aromatic N) is 1. The number of thioether (sulfide) groups is 1. The van der Waals surface area contributed by atoms with Crippen molar-refractivity contribution in [3.63, 3.8) is 0 Å². The third-order valence-corrected chi connectivity index (χ3v) is 4.99. The summed E-state index contributed by atoms with van der Waals surface area (Å²) in [6, 6.07) is 5.79. The second-order valence-electron chi connectivity index (χ2n) is 4.37. The minimum atomic E-state index is 0.416.